The molecule has 0 spiro atoms. The topological polar surface area (TPSA) is 41.1 Å². The Labute approximate surface area is 124 Å². The van der Waals surface area contributed by atoms with E-state index in [-0.39, 0.29) is 5.91 Å². The summed E-state index contributed by atoms with van der Waals surface area (Å²) in [7, 11) is 1.87. The molecule has 0 radical (unpaired) electrons. The van der Waals surface area contributed by atoms with Crippen LogP contribution in [0.2, 0.25) is 5.02 Å². The summed E-state index contributed by atoms with van der Waals surface area (Å²) in [5.41, 5.74) is 3.34. The van der Waals surface area contributed by atoms with Gasteiger partial charge < -0.3 is 10.6 Å². The van der Waals surface area contributed by atoms with Crippen molar-refractivity contribution in [2.45, 2.75) is 13.5 Å². The Hall–Kier alpha value is -1.84. The number of hydrogen-bond acceptors (Lipinski definition) is 2. The number of nitrogens with one attached hydrogen (secondary N) is 2. The molecule has 2 N–H and O–H groups in total. The van der Waals surface area contributed by atoms with Crippen LogP contribution < -0.4 is 10.6 Å². The molecule has 0 saturated carbocycles. The molecular weight excluding hydrogens is 272 g/mol. The van der Waals surface area contributed by atoms with Crippen LogP contribution in [0.1, 0.15) is 21.5 Å². The van der Waals surface area contributed by atoms with E-state index in [1.807, 2.05) is 44.3 Å². The summed E-state index contributed by atoms with van der Waals surface area (Å²) in [6, 6.07) is 13.1. The molecule has 2 rings (SSSR count). The third-order valence-corrected chi connectivity index (χ3v) is 3.31. The van der Waals surface area contributed by atoms with Crippen LogP contribution in [-0.2, 0) is 6.54 Å². The zero-order valence-corrected chi connectivity index (χ0v) is 12.3. The van der Waals surface area contributed by atoms with Gasteiger partial charge in [0.05, 0.1) is 10.6 Å². The lowest BCUT2D eigenvalue weighted by atomic mass is 10.1. The number of para-hydroxylation sites is 1. The highest BCUT2D eigenvalue weighted by Gasteiger charge is 2.12. The van der Waals surface area contributed by atoms with Crippen molar-refractivity contribution in [2.75, 3.05) is 12.4 Å². The van der Waals surface area contributed by atoms with Crippen molar-refractivity contribution in [2.24, 2.45) is 0 Å². The first-order chi connectivity index (χ1) is 9.61. The SMILES string of the molecule is CNCc1ccccc1NC(=O)c1ccc(C)cc1Cl. The van der Waals surface area contributed by atoms with Crippen LogP contribution in [-0.4, -0.2) is 13.0 Å². The van der Waals surface area contributed by atoms with Gasteiger partial charge in [-0.1, -0.05) is 35.9 Å². The number of halogens is 1. The molecule has 1 amide bonds. The van der Waals surface area contributed by atoms with Gasteiger partial charge in [0.15, 0.2) is 0 Å². The number of amides is 1. The van der Waals surface area contributed by atoms with Gasteiger partial charge in [-0.3, -0.25) is 4.79 Å². The second kappa shape index (κ2) is 6.55. The third kappa shape index (κ3) is 3.38. The van der Waals surface area contributed by atoms with Gasteiger partial charge in [-0.15, -0.1) is 0 Å². The van der Waals surface area contributed by atoms with E-state index in [2.05, 4.69) is 10.6 Å². The summed E-state index contributed by atoms with van der Waals surface area (Å²) in [5, 5.41) is 6.45. The first kappa shape index (κ1) is 14.6. The molecule has 3 nitrogen and oxygen atoms in total. The summed E-state index contributed by atoms with van der Waals surface area (Å²) in [6.45, 7) is 2.63. The van der Waals surface area contributed by atoms with Crippen LogP contribution in [0.25, 0.3) is 0 Å². The zero-order chi connectivity index (χ0) is 14.5. The second-order valence-electron chi connectivity index (χ2n) is 4.62. The van der Waals surface area contributed by atoms with Gasteiger partial charge in [0, 0.05) is 12.2 Å². The third-order valence-electron chi connectivity index (χ3n) is 3.00. The first-order valence-electron chi connectivity index (χ1n) is 6.42. The predicted molar refractivity (Wildman–Crippen MR) is 83.3 cm³/mol. The maximum absolute atomic E-state index is 12.3. The molecule has 2 aromatic carbocycles. The maximum Gasteiger partial charge on any atom is 0.257 e. The molecule has 0 saturated heterocycles. The fourth-order valence-electron chi connectivity index (χ4n) is 1.98. The summed E-state index contributed by atoms with van der Waals surface area (Å²) in [5.74, 6) is -0.196. The van der Waals surface area contributed by atoms with Gasteiger partial charge in [0.25, 0.3) is 5.91 Å². The maximum atomic E-state index is 12.3. The normalized spacial score (nSPS) is 10.3. The minimum Gasteiger partial charge on any atom is -0.322 e. The van der Waals surface area contributed by atoms with E-state index in [9.17, 15) is 4.79 Å². The fourth-order valence-corrected chi connectivity index (χ4v) is 2.30. The van der Waals surface area contributed by atoms with E-state index in [0.717, 1.165) is 16.8 Å². The number of benzene rings is 2. The van der Waals surface area contributed by atoms with Crippen molar-refractivity contribution in [3.05, 3.63) is 64.2 Å². The lowest BCUT2D eigenvalue weighted by Crippen LogP contribution is -2.15. The first-order valence-corrected chi connectivity index (χ1v) is 6.79. The molecule has 0 aliphatic rings. The van der Waals surface area contributed by atoms with Crippen LogP contribution >= 0.6 is 11.6 Å². The number of carbonyl (C=O) groups is 1. The predicted octanol–water partition coefficient (Wildman–Crippen LogP) is 3.62. The molecule has 0 aliphatic heterocycles. The van der Waals surface area contributed by atoms with E-state index in [4.69, 9.17) is 11.6 Å². The van der Waals surface area contributed by atoms with Gasteiger partial charge in [0.2, 0.25) is 0 Å². The van der Waals surface area contributed by atoms with Crippen molar-refractivity contribution in [1.82, 2.24) is 5.32 Å². The highest BCUT2D eigenvalue weighted by atomic mass is 35.5. The Balaban J connectivity index is 2.23. The summed E-state index contributed by atoms with van der Waals surface area (Å²) < 4.78 is 0. The summed E-state index contributed by atoms with van der Waals surface area (Å²) in [6.07, 6.45) is 0. The van der Waals surface area contributed by atoms with Crippen molar-refractivity contribution in [3.8, 4) is 0 Å². The van der Waals surface area contributed by atoms with Crippen molar-refractivity contribution in [3.63, 3.8) is 0 Å². The minimum atomic E-state index is -0.196. The van der Waals surface area contributed by atoms with Gasteiger partial charge in [0.1, 0.15) is 0 Å². The Bertz CT molecular complexity index is 626. The molecule has 0 aromatic heterocycles. The average Bonchev–Trinajstić information content (AvgIpc) is 2.41. The van der Waals surface area contributed by atoms with Gasteiger partial charge in [-0.05, 0) is 43.3 Å². The number of rotatable bonds is 4. The van der Waals surface area contributed by atoms with E-state index in [1.54, 1.807) is 12.1 Å². The Kier molecular flexibility index (Phi) is 4.77. The lowest BCUT2D eigenvalue weighted by Gasteiger charge is -2.11. The van der Waals surface area contributed by atoms with Crippen molar-refractivity contribution < 1.29 is 4.79 Å². The van der Waals surface area contributed by atoms with E-state index >= 15 is 0 Å². The highest BCUT2D eigenvalue weighted by Crippen LogP contribution is 2.21. The average molecular weight is 289 g/mol. The van der Waals surface area contributed by atoms with Gasteiger partial charge in [-0.2, -0.15) is 0 Å². The summed E-state index contributed by atoms with van der Waals surface area (Å²) >= 11 is 6.12. The number of anilines is 1. The van der Waals surface area contributed by atoms with Crippen LogP contribution in [0.3, 0.4) is 0 Å². The van der Waals surface area contributed by atoms with Crippen LogP contribution in [0.4, 0.5) is 5.69 Å². The Morgan fingerprint density at radius 2 is 1.95 bits per heavy atom. The molecule has 2 aromatic rings. The molecule has 0 aliphatic carbocycles. The van der Waals surface area contributed by atoms with E-state index < -0.39 is 0 Å². The standard InChI is InChI=1S/C16H17ClN2O/c1-11-7-8-13(14(17)9-11)16(20)19-15-6-4-3-5-12(15)10-18-2/h3-9,18H,10H2,1-2H3,(H,19,20). The smallest absolute Gasteiger partial charge is 0.257 e. The Morgan fingerprint density at radius 3 is 2.65 bits per heavy atom. The highest BCUT2D eigenvalue weighted by molar-refractivity contribution is 6.34. The molecule has 104 valence electrons. The van der Waals surface area contributed by atoms with Crippen LogP contribution in [0.5, 0.6) is 0 Å². The number of aryl methyl sites for hydroxylation is 1. The fraction of sp³-hybridized carbons (Fsp3) is 0.188. The van der Waals surface area contributed by atoms with E-state index in [0.29, 0.717) is 17.1 Å². The monoisotopic (exact) mass is 288 g/mol. The van der Waals surface area contributed by atoms with Gasteiger partial charge >= 0.3 is 0 Å². The molecule has 0 heterocycles. The Morgan fingerprint density at radius 1 is 1.20 bits per heavy atom. The molecule has 20 heavy (non-hydrogen) atoms. The quantitative estimate of drug-likeness (QED) is 0.902. The largest absolute Gasteiger partial charge is 0.322 e. The number of hydrogen-bond donors (Lipinski definition) is 2. The molecular formula is C16H17ClN2O. The number of carbonyl (C=O) groups excluding carboxylic acids is 1. The molecule has 0 bridgehead atoms. The van der Waals surface area contributed by atoms with Crippen molar-refractivity contribution in [1.29, 1.82) is 0 Å². The van der Waals surface area contributed by atoms with E-state index in [1.165, 1.54) is 0 Å². The van der Waals surface area contributed by atoms with Crippen LogP contribution in [0.15, 0.2) is 42.5 Å². The second-order valence-corrected chi connectivity index (χ2v) is 5.03. The molecule has 0 unspecified atom stereocenters. The molecule has 0 atom stereocenters. The molecule has 0 fully saturated rings. The summed E-state index contributed by atoms with van der Waals surface area (Å²) in [4.78, 5) is 12.3. The van der Waals surface area contributed by atoms with Gasteiger partial charge in [-0.25, -0.2) is 0 Å². The minimum absolute atomic E-state index is 0.196. The van der Waals surface area contributed by atoms with Crippen molar-refractivity contribution >= 4 is 23.2 Å². The van der Waals surface area contributed by atoms with Crippen LogP contribution in [0, 0.1) is 6.92 Å². The zero-order valence-electron chi connectivity index (χ0n) is 11.5. The lowest BCUT2D eigenvalue weighted by molar-refractivity contribution is 0.102. The molecule has 4 heteroatoms.